The molecule has 0 atom stereocenters. The van der Waals surface area contributed by atoms with Crippen LogP contribution in [0.3, 0.4) is 0 Å². The second kappa shape index (κ2) is 4.65. The molecule has 0 aliphatic rings. The van der Waals surface area contributed by atoms with E-state index in [-0.39, 0.29) is 5.56 Å². The van der Waals surface area contributed by atoms with Crippen molar-refractivity contribution < 1.29 is 14.4 Å². The molecule has 0 aliphatic heterocycles. The summed E-state index contributed by atoms with van der Waals surface area (Å²) in [6, 6.07) is 1.70. The first-order valence-corrected chi connectivity index (χ1v) is 5.84. The van der Waals surface area contributed by atoms with E-state index in [4.69, 9.17) is 4.52 Å². The highest BCUT2D eigenvalue weighted by Gasteiger charge is 2.16. The number of rotatable bonds is 4. The van der Waals surface area contributed by atoms with E-state index in [1.165, 1.54) is 12.5 Å². The first-order valence-electron chi connectivity index (χ1n) is 5.84. The average Bonchev–Trinajstić information content (AvgIpc) is 3.06. The molecule has 0 saturated heterocycles. The maximum atomic E-state index is 11.3. The number of aromatic nitrogens is 4. The van der Waals surface area contributed by atoms with Crippen LogP contribution in [-0.4, -0.2) is 31.0 Å². The Morgan fingerprint density at radius 2 is 2.35 bits per heavy atom. The Bertz CT molecular complexity index is 763. The lowest BCUT2D eigenvalue weighted by atomic mass is 10.2. The Hall–Kier alpha value is -2.90. The highest BCUT2D eigenvalue weighted by Crippen LogP contribution is 2.26. The van der Waals surface area contributed by atoms with Gasteiger partial charge in [0.1, 0.15) is 17.5 Å². The van der Waals surface area contributed by atoms with Gasteiger partial charge in [-0.1, -0.05) is 5.16 Å². The summed E-state index contributed by atoms with van der Waals surface area (Å²) in [5, 5.41) is 20.8. The Morgan fingerprint density at radius 3 is 3.05 bits per heavy atom. The molecule has 0 aromatic carbocycles. The van der Waals surface area contributed by atoms with Gasteiger partial charge in [0.2, 0.25) is 0 Å². The summed E-state index contributed by atoms with van der Waals surface area (Å²) in [7, 11) is 1.75. The van der Waals surface area contributed by atoms with Crippen LogP contribution in [0.15, 0.2) is 29.2 Å². The average molecular weight is 273 g/mol. The molecule has 8 heteroatoms. The van der Waals surface area contributed by atoms with Gasteiger partial charge in [0.05, 0.1) is 23.8 Å². The fourth-order valence-electron chi connectivity index (χ4n) is 1.96. The monoisotopic (exact) mass is 273 g/mol. The highest BCUT2D eigenvalue weighted by molar-refractivity contribution is 6.03. The van der Waals surface area contributed by atoms with Crippen molar-refractivity contribution in [2.75, 3.05) is 5.32 Å². The molecule has 8 nitrogen and oxygen atoms in total. The van der Waals surface area contributed by atoms with Crippen LogP contribution in [0.25, 0.3) is 11.0 Å². The van der Waals surface area contributed by atoms with E-state index in [2.05, 4.69) is 20.6 Å². The first-order chi connectivity index (χ1) is 9.66. The third-order valence-electron chi connectivity index (χ3n) is 2.93. The highest BCUT2D eigenvalue weighted by atomic mass is 16.5. The molecule has 3 heterocycles. The Morgan fingerprint density at radius 1 is 1.50 bits per heavy atom. The zero-order valence-corrected chi connectivity index (χ0v) is 10.6. The number of nitrogens with one attached hydrogen (secondary N) is 1. The van der Waals surface area contributed by atoms with E-state index in [9.17, 15) is 9.90 Å². The van der Waals surface area contributed by atoms with Crippen LogP contribution in [0.4, 0.5) is 5.69 Å². The molecule has 0 saturated carbocycles. The molecule has 0 amide bonds. The number of anilines is 1. The summed E-state index contributed by atoms with van der Waals surface area (Å²) in [6.45, 7) is 0.352. The fraction of sp³-hybridized carbons (Fsp3) is 0.167. The Balaban J connectivity index is 2.05. The summed E-state index contributed by atoms with van der Waals surface area (Å²) in [6.07, 6.45) is 4.36. The minimum Gasteiger partial charge on any atom is -0.478 e. The topological polar surface area (TPSA) is 106 Å². The van der Waals surface area contributed by atoms with Gasteiger partial charge in [0.15, 0.2) is 5.65 Å². The lowest BCUT2D eigenvalue weighted by Crippen LogP contribution is -2.08. The van der Waals surface area contributed by atoms with Crippen molar-refractivity contribution in [1.29, 1.82) is 0 Å². The molecule has 0 bridgehead atoms. The van der Waals surface area contributed by atoms with Crippen molar-refractivity contribution in [3.8, 4) is 0 Å². The lowest BCUT2D eigenvalue weighted by Gasteiger charge is -2.09. The van der Waals surface area contributed by atoms with Crippen LogP contribution >= 0.6 is 0 Å². The van der Waals surface area contributed by atoms with Gasteiger partial charge in [0, 0.05) is 19.3 Å². The van der Waals surface area contributed by atoms with Crippen molar-refractivity contribution in [1.82, 2.24) is 19.9 Å². The van der Waals surface area contributed by atoms with E-state index < -0.39 is 5.97 Å². The standard InChI is InChI=1S/C12H11N5O3/c1-17-11-8(6-15-17)10(9(5-14-11)12(18)19)13-4-7-2-3-20-16-7/h2-3,5-6H,4H2,1H3,(H,13,14)(H,18,19). The molecule has 102 valence electrons. The molecule has 20 heavy (non-hydrogen) atoms. The fourth-order valence-corrected chi connectivity index (χ4v) is 1.96. The predicted octanol–water partition coefficient (Wildman–Crippen LogP) is 1.27. The zero-order valence-electron chi connectivity index (χ0n) is 10.6. The van der Waals surface area contributed by atoms with Crippen LogP contribution in [0, 0.1) is 0 Å². The largest absolute Gasteiger partial charge is 0.478 e. The maximum absolute atomic E-state index is 11.3. The van der Waals surface area contributed by atoms with Crippen molar-refractivity contribution >= 4 is 22.7 Å². The molecule has 3 aromatic heterocycles. The summed E-state index contributed by atoms with van der Waals surface area (Å²) in [4.78, 5) is 15.4. The van der Waals surface area contributed by atoms with Crippen LogP contribution < -0.4 is 5.32 Å². The summed E-state index contributed by atoms with van der Waals surface area (Å²) >= 11 is 0. The van der Waals surface area contributed by atoms with Gasteiger partial charge in [-0.25, -0.2) is 9.78 Å². The van der Waals surface area contributed by atoms with Gasteiger partial charge in [-0.3, -0.25) is 4.68 Å². The minimum absolute atomic E-state index is 0.0917. The molecule has 0 fully saturated rings. The van der Waals surface area contributed by atoms with Gasteiger partial charge in [-0.2, -0.15) is 5.10 Å². The van der Waals surface area contributed by atoms with Crippen LogP contribution in [0.5, 0.6) is 0 Å². The quantitative estimate of drug-likeness (QED) is 0.737. The minimum atomic E-state index is -1.05. The predicted molar refractivity (Wildman–Crippen MR) is 69.3 cm³/mol. The van der Waals surface area contributed by atoms with Gasteiger partial charge >= 0.3 is 5.97 Å². The number of hydrogen-bond acceptors (Lipinski definition) is 6. The van der Waals surface area contributed by atoms with Crippen molar-refractivity contribution in [2.45, 2.75) is 6.54 Å². The number of fused-ring (bicyclic) bond motifs is 1. The second-order valence-corrected chi connectivity index (χ2v) is 4.20. The third kappa shape index (κ3) is 1.96. The van der Waals surface area contributed by atoms with Gasteiger partial charge in [-0.05, 0) is 0 Å². The molecule has 0 aliphatic carbocycles. The Kier molecular flexibility index (Phi) is 2.82. The van der Waals surface area contributed by atoms with E-state index in [1.807, 2.05) is 0 Å². The molecule has 3 rings (SSSR count). The number of pyridine rings is 1. The van der Waals surface area contributed by atoms with Crippen molar-refractivity contribution in [2.24, 2.45) is 7.05 Å². The third-order valence-corrected chi connectivity index (χ3v) is 2.93. The second-order valence-electron chi connectivity index (χ2n) is 4.20. The SMILES string of the molecule is Cn1ncc2c(NCc3ccon3)c(C(=O)O)cnc21. The number of aryl methyl sites for hydroxylation is 1. The van der Waals surface area contributed by atoms with Crippen molar-refractivity contribution in [3.05, 3.63) is 36.0 Å². The van der Waals surface area contributed by atoms with E-state index in [0.29, 0.717) is 29.0 Å². The van der Waals surface area contributed by atoms with Gasteiger partial charge in [0.25, 0.3) is 0 Å². The summed E-state index contributed by atoms with van der Waals surface area (Å²) in [5.74, 6) is -1.05. The van der Waals surface area contributed by atoms with E-state index in [0.717, 1.165) is 0 Å². The van der Waals surface area contributed by atoms with Crippen LogP contribution in [0.2, 0.25) is 0 Å². The summed E-state index contributed by atoms with van der Waals surface area (Å²) in [5.41, 5.74) is 1.85. The Labute approximate surface area is 113 Å². The first kappa shape index (κ1) is 12.2. The zero-order chi connectivity index (χ0) is 14.1. The normalized spacial score (nSPS) is 10.8. The number of carboxylic acid groups (broad SMARTS) is 1. The molecule has 3 aromatic rings. The van der Waals surface area contributed by atoms with Gasteiger partial charge in [-0.15, -0.1) is 0 Å². The molecular weight excluding hydrogens is 262 g/mol. The molecule has 2 N–H and O–H groups in total. The smallest absolute Gasteiger partial charge is 0.339 e. The molecule has 0 radical (unpaired) electrons. The van der Waals surface area contributed by atoms with Gasteiger partial charge < -0.3 is 14.9 Å². The molecular formula is C12H11N5O3. The molecule has 0 unspecified atom stereocenters. The van der Waals surface area contributed by atoms with E-state index >= 15 is 0 Å². The number of nitrogens with zero attached hydrogens (tertiary/aromatic N) is 4. The number of carbonyl (C=O) groups is 1. The van der Waals surface area contributed by atoms with Crippen LogP contribution in [0.1, 0.15) is 16.1 Å². The lowest BCUT2D eigenvalue weighted by molar-refractivity contribution is 0.0697. The number of carboxylic acids is 1. The summed E-state index contributed by atoms with van der Waals surface area (Å²) < 4.78 is 6.32. The molecule has 0 spiro atoms. The maximum Gasteiger partial charge on any atom is 0.339 e. The number of aromatic carboxylic acids is 1. The van der Waals surface area contributed by atoms with E-state index in [1.54, 1.807) is 24.0 Å². The number of hydrogen-bond donors (Lipinski definition) is 2. The van der Waals surface area contributed by atoms with Crippen molar-refractivity contribution in [3.63, 3.8) is 0 Å². The van der Waals surface area contributed by atoms with Crippen LogP contribution in [-0.2, 0) is 13.6 Å².